The first-order valence-electron chi connectivity index (χ1n) is 12.6. The molecule has 4 rings (SSSR count). The number of rotatable bonds is 8. The highest BCUT2D eigenvalue weighted by Crippen LogP contribution is 2.72. The SMILES string of the molecule is C1CCCC1.[B]CC1CCCC1[P+]([B])(N1CCC[C@H]1COC)N1CCC[C@H]1COC. The first-order valence-corrected chi connectivity index (χ1v) is 14.4. The van der Waals surface area contributed by atoms with Crippen molar-refractivity contribution < 1.29 is 9.47 Å². The van der Waals surface area contributed by atoms with Gasteiger partial charge in [-0.05, 0) is 50.9 Å². The quantitative estimate of drug-likeness (QED) is 0.404. The summed E-state index contributed by atoms with van der Waals surface area (Å²) < 4.78 is 16.5. The number of nitrogens with zero attached hydrogens (tertiary/aromatic N) is 2. The zero-order valence-electron chi connectivity index (χ0n) is 19.6. The summed E-state index contributed by atoms with van der Waals surface area (Å²) in [6, 6.07) is 0.928. The van der Waals surface area contributed by atoms with Gasteiger partial charge in [0.15, 0.2) is 0 Å². The summed E-state index contributed by atoms with van der Waals surface area (Å²) >= 11 is 0. The van der Waals surface area contributed by atoms with Crippen LogP contribution in [0, 0.1) is 5.92 Å². The number of hydrogen-bond acceptors (Lipinski definition) is 4. The van der Waals surface area contributed by atoms with E-state index >= 15 is 0 Å². The van der Waals surface area contributed by atoms with Gasteiger partial charge in [0.25, 0.3) is 0 Å². The minimum Gasteiger partial charge on any atom is -0.383 e. The number of methoxy groups -OCH3 is 2. The molecule has 0 bridgehead atoms. The Hall–Kier alpha value is 0.400. The molecule has 7 heteroatoms. The molecule has 4 aliphatic rings. The first-order chi connectivity index (χ1) is 14.7. The maximum atomic E-state index is 7.52. The van der Waals surface area contributed by atoms with Gasteiger partial charge >= 0.3 is 7.57 Å². The molecule has 0 aromatic carbocycles. The average molecular weight is 433 g/mol. The Morgan fingerprint density at radius 2 is 1.23 bits per heavy atom. The molecule has 0 amide bonds. The summed E-state index contributed by atoms with van der Waals surface area (Å²) in [5, 5.41) is 0. The lowest BCUT2D eigenvalue weighted by Gasteiger charge is -2.48. The van der Waals surface area contributed by atoms with E-state index in [9.17, 15) is 0 Å². The summed E-state index contributed by atoms with van der Waals surface area (Å²) in [5.41, 5.74) is 0.549. The third-order valence-electron chi connectivity index (χ3n) is 7.89. The molecule has 2 unspecified atom stereocenters. The van der Waals surface area contributed by atoms with Gasteiger partial charge in [-0.25, -0.2) is 0 Å². The van der Waals surface area contributed by atoms with Crippen LogP contribution in [0.4, 0.5) is 0 Å². The molecule has 2 heterocycles. The minimum absolute atomic E-state index is 0.464. The van der Waals surface area contributed by atoms with Crippen molar-refractivity contribution in [2.45, 2.75) is 101 Å². The van der Waals surface area contributed by atoms with Crippen LogP contribution < -0.4 is 0 Å². The topological polar surface area (TPSA) is 24.9 Å². The van der Waals surface area contributed by atoms with Crippen molar-refractivity contribution in [3.8, 4) is 0 Å². The Kier molecular flexibility index (Phi) is 10.5. The van der Waals surface area contributed by atoms with Crippen LogP contribution in [0.15, 0.2) is 0 Å². The van der Waals surface area contributed by atoms with Crippen molar-refractivity contribution in [2.75, 3.05) is 40.5 Å². The smallest absolute Gasteiger partial charge is 0.383 e. The molecule has 2 saturated carbocycles. The maximum Gasteiger partial charge on any atom is 0.409 e. The Balaban J connectivity index is 0.000000448. The van der Waals surface area contributed by atoms with E-state index < -0.39 is 7.44 Å². The fourth-order valence-electron chi connectivity index (χ4n) is 6.41. The lowest BCUT2D eigenvalue weighted by Crippen LogP contribution is -2.48. The van der Waals surface area contributed by atoms with E-state index in [1.807, 2.05) is 14.2 Å². The normalized spacial score (nSPS) is 33.1. The fraction of sp³-hybridized carbons (Fsp3) is 1.00. The van der Waals surface area contributed by atoms with E-state index in [1.165, 1.54) is 77.0 Å². The van der Waals surface area contributed by atoms with Gasteiger partial charge in [-0.15, -0.1) is 0 Å². The highest BCUT2D eigenvalue weighted by atomic mass is 31.2. The van der Waals surface area contributed by atoms with Crippen LogP contribution in [0.25, 0.3) is 0 Å². The van der Waals surface area contributed by atoms with Gasteiger partial charge in [-0.2, -0.15) is 9.34 Å². The van der Waals surface area contributed by atoms with Crippen LogP contribution in [0.5, 0.6) is 0 Å². The Labute approximate surface area is 189 Å². The molecule has 30 heavy (non-hydrogen) atoms. The monoisotopic (exact) mass is 433 g/mol. The summed E-state index contributed by atoms with van der Waals surface area (Å²) in [6.07, 6.45) is 16.9. The molecule has 2 aliphatic heterocycles. The second-order valence-electron chi connectivity index (χ2n) is 9.79. The molecule has 0 spiro atoms. The molecule has 0 aromatic rings. The van der Waals surface area contributed by atoms with E-state index in [-0.39, 0.29) is 0 Å². The number of ether oxygens (including phenoxy) is 2. The molecule has 2 saturated heterocycles. The second-order valence-corrected chi connectivity index (χ2v) is 12.9. The largest absolute Gasteiger partial charge is 0.409 e. The van der Waals surface area contributed by atoms with Gasteiger partial charge in [-0.1, -0.05) is 38.4 Å². The fourth-order valence-corrected chi connectivity index (χ4v) is 11.3. The number of hydrogen-bond donors (Lipinski definition) is 0. The van der Waals surface area contributed by atoms with Crippen LogP contribution in [-0.2, 0) is 9.47 Å². The highest BCUT2D eigenvalue weighted by Gasteiger charge is 2.60. The van der Waals surface area contributed by atoms with Gasteiger partial charge in [-0.3, -0.25) is 0 Å². The summed E-state index contributed by atoms with van der Waals surface area (Å²) in [6.45, 7) is 3.81. The molecule has 4 fully saturated rings. The zero-order valence-corrected chi connectivity index (χ0v) is 20.5. The van der Waals surface area contributed by atoms with Crippen LogP contribution in [0.2, 0.25) is 6.32 Å². The standard InChI is InChI=1S/C18H34B2N2O2P.C5H10/c1-23-13-16-7-4-10-21(16)25(20,18-9-3-6-15(18)12-19)22-11-5-8-17(22)14-24-2;1-2-4-5-3-1/h15-18H,3-14H2,1-2H3;1-5H2/q+1;/t15?,16-,17-,18?;/m0./s1. The van der Waals surface area contributed by atoms with Crippen molar-refractivity contribution in [3.63, 3.8) is 0 Å². The minimum atomic E-state index is -1.93. The van der Waals surface area contributed by atoms with Crippen LogP contribution in [-0.4, -0.2) is 83.0 Å². The van der Waals surface area contributed by atoms with E-state index in [0.717, 1.165) is 32.6 Å². The van der Waals surface area contributed by atoms with Crippen LogP contribution >= 0.6 is 7.44 Å². The maximum absolute atomic E-state index is 7.52. The van der Waals surface area contributed by atoms with Crippen molar-refractivity contribution in [1.82, 2.24) is 9.34 Å². The van der Waals surface area contributed by atoms with Gasteiger partial charge in [0, 0.05) is 27.3 Å². The lowest BCUT2D eigenvalue weighted by molar-refractivity contribution is 0.135. The van der Waals surface area contributed by atoms with Gasteiger partial charge in [0.05, 0.1) is 38.8 Å². The Bertz CT molecular complexity index is 466. The molecule has 2 aliphatic carbocycles. The molecule has 0 aromatic heterocycles. The molecule has 4 radical (unpaired) electrons. The van der Waals surface area contributed by atoms with Crippen LogP contribution in [0.3, 0.4) is 0 Å². The summed E-state index contributed by atoms with van der Waals surface area (Å²) in [7, 11) is 15.4. The summed E-state index contributed by atoms with van der Waals surface area (Å²) in [5.74, 6) is 0.575. The van der Waals surface area contributed by atoms with E-state index in [4.69, 9.17) is 24.9 Å². The van der Waals surface area contributed by atoms with Gasteiger partial charge in [0.1, 0.15) is 7.44 Å². The van der Waals surface area contributed by atoms with Crippen LogP contribution in [0.1, 0.15) is 77.0 Å². The van der Waals surface area contributed by atoms with Crippen molar-refractivity contribution >= 4 is 22.9 Å². The first kappa shape index (κ1) is 25.0. The average Bonchev–Trinajstić information content (AvgIpc) is 3.56. The van der Waals surface area contributed by atoms with E-state index in [2.05, 4.69) is 9.34 Å². The van der Waals surface area contributed by atoms with Gasteiger partial charge in [0.2, 0.25) is 0 Å². The van der Waals surface area contributed by atoms with Crippen molar-refractivity contribution in [2.24, 2.45) is 5.92 Å². The molecule has 4 atom stereocenters. The Morgan fingerprint density at radius 1 is 0.733 bits per heavy atom. The molecular formula is C23H44B2N2O2P+. The molecule has 4 nitrogen and oxygen atoms in total. The molecule has 168 valence electrons. The lowest BCUT2D eigenvalue weighted by atomic mass is 9.90. The van der Waals surface area contributed by atoms with Crippen molar-refractivity contribution in [1.29, 1.82) is 0 Å². The molecular weight excluding hydrogens is 389 g/mol. The third-order valence-corrected chi connectivity index (χ3v) is 12.2. The zero-order chi connectivity index (χ0) is 21.4. The third kappa shape index (κ3) is 5.66. The highest BCUT2D eigenvalue weighted by molar-refractivity contribution is 7.94. The van der Waals surface area contributed by atoms with E-state index in [0.29, 0.717) is 23.7 Å². The Morgan fingerprint density at radius 3 is 1.67 bits per heavy atom. The molecule has 0 N–H and O–H groups in total. The predicted molar refractivity (Wildman–Crippen MR) is 131 cm³/mol. The predicted octanol–water partition coefficient (Wildman–Crippen LogP) is 4.85. The second kappa shape index (κ2) is 12.6. The van der Waals surface area contributed by atoms with Gasteiger partial charge < -0.3 is 9.47 Å². The van der Waals surface area contributed by atoms with E-state index in [1.54, 1.807) is 0 Å². The summed E-state index contributed by atoms with van der Waals surface area (Å²) in [4.78, 5) is 0. The van der Waals surface area contributed by atoms with Crippen molar-refractivity contribution in [3.05, 3.63) is 0 Å².